The van der Waals surface area contributed by atoms with Gasteiger partial charge in [0.05, 0.1) is 30.9 Å². The molecule has 1 saturated heterocycles. The van der Waals surface area contributed by atoms with Crippen LogP contribution < -0.4 is 4.90 Å². The van der Waals surface area contributed by atoms with Gasteiger partial charge in [-0.1, -0.05) is 18.2 Å². The lowest BCUT2D eigenvalue weighted by atomic mass is 10.1. The van der Waals surface area contributed by atoms with E-state index in [-0.39, 0.29) is 6.61 Å². The van der Waals surface area contributed by atoms with E-state index in [0.717, 1.165) is 59.4 Å². The van der Waals surface area contributed by atoms with Gasteiger partial charge in [-0.25, -0.2) is 9.97 Å². The fraction of sp³-hybridized carbons (Fsp3) is 0.360. The van der Waals surface area contributed by atoms with Crippen molar-refractivity contribution in [2.75, 3.05) is 51.8 Å². The van der Waals surface area contributed by atoms with Crippen molar-refractivity contribution in [1.29, 1.82) is 0 Å². The molecule has 1 aliphatic rings. The van der Waals surface area contributed by atoms with Gasteiger partial charge in [-0.05, 0) is 43.9 Å². The van der Waals surface area contributed by atoms with Crippen LogP contribution >= 0.6 is 0 Å². The largest absolute Gasteiger partial charge is 0.392 e. The maximum absolute atomic E-state index is 9.60. The lowest BCUT2D eigenvalue weighted by Crippen LogP contribution is -2.37. The van der Waals surface area contributed by atoms with Gasteiger partial charge >= 0.3 is 0 Å². The number of aliphatic hydroxyl groups excluding tert-OH is 1. The Kier molecular flexibility index (Phi) is 5.78. The molecule has 2 aromatic carbocycles. The van der Waals surface area contributed by atoms with E-state index >= 15 is 0 Å². The van der Waals surface area contributed by atoms with Crippen LogP contribution in [0.2, 0.25) is 0 Å². The van der Waals surface area contributed by atoms with E-state index in [1.54, 1.807) is 0 Å². The van der Waals surface area contributed by atoms with Gasteiger partial charge in [0.2, 0.25) is 0 Å². The lowest BCUT2D eigenvalue weighted by Gasteiger charge is -2.29. The summed E-state index contributed by atoms with van der Waals surface area (Å²) in [4.78, 5) is 14.5. The quantitative estimate of drug-likeness (QED) is 0.506. The Balaban J connectivity index is 1.70. The zero-order chi connectivity index (χ0) is 22.1. The van der Waals surface area contributed by atoms with Crippen molar-refractivity contribution in [3.63, 3.8) is 0 Å². The number of morpholine rings is 1. The van der Waals surface area contributed by atoms with E-state index in [9.17, 15) is 5.11 Å². The van der Waals surface area contributed by atoms with Crippen molar-refractivity contribution >= 4 is 27.6 Å². The summed E-state index contributed by atoms with van der Waals surface area (Å²) in [6, 6.07) is 14.3. The summed E-state index contributed by atoms with van der Waals surface area (Å²) in [5.41, 5.74) is 3.91. The first kappa shape index (κ1) is 20.9. The Morgan fingerprint density at radius 3 is 2.66 bits per heavy atom. The highest BCUT2D eigenvalue weighted by Gasteiger charge is 2.20. The molecule has 0 unspecified atom stereocenters. The van der Waals surface area contributed by atoms with Crippen molar-refractivity contribution in [3.05, 3.63) is 54.2 Å². The van der Waals surface area contributed by atoms with Gasteiger partial charge in [0, 0.05) is 48.7 Å². The summed E-state index contributed by atoms with van der Waals surface area (Å²) in [6.45, 7) is 4.91. The highest BCUT2D eigenvalue weighted by molar-refractivity contribution is 6.08. The number of hydrogen-bond donors (Lipinski definition) is 1. The van der Waals surface area contributed by atoms with E-state index in [1.165, 1.54) is 5.52 Å². The summed E-state index contributed by atoms with van der Waals surface area (Å²) in [5.74, 6) is 1.63. The third-order valence-electron chi connectivity index (χ3n) is 6.06. The number of anilines is 1. The molecule has 0 bridgehead atoms. The average molecular weight is 432 g/mol. The molecule has 0 spiro atoms. The maximum Gasteiger partial charge on any atom is 0.162 e. The summed E-state index contributed by atoms with van der Waals surface area (Å²) < 4.78 is 7.87. The number of likely N-dealkylation sites (N-methyl/N-ethyl adjacent to an activating group) is 1. The Morgan fingerprint density at radius 2 is 1.88 bits per heavy atom. The lowest BCUT2D eigenvalue weighted by molar-refractivity contribution is 0.122. The number of hydrogen-bond acceptors (Lipinski definition) is 6. The molecule has 3 heterocycles. The Morgan fingerprint density at radius 1 is 1.03 bits per heavy atom. The normalized spacial score (nSPS) is 14.7. The molecule has 32 heavy (non-hydrogen) atoms. The zero-order valence-corrected chi connectivity index (χ0v) is 18.7. The first-order valence-corrected chi connectivity index (χ1v) is 11.1. The van der Waals surface area contributed by atoms with Crippen LogP contribution in [-0.2, 0) is 17.9 Å². The molecular formula is C25H29N5O2. The van der Waals surface area contributed by atoms with Gasteiger partial charge in [-0.2, -0.15) is 0 Å². The molecule has 0 atom stereocenters. The molecule has 0 aliphatic carbocycles. The van der Waals surface area contributed by atoms with E-state index < -0.39 is 0 Å². The van der Waals surface area contributed by atoms with Crippen LogP contribution in [0.25, 0.3) is 33.2 Å². The molecule has 2 aromatic heterocycles. The van der Waals surface area contributed by atoms with E-state index in [1.807, 2.05) is 24.3 Å². The van der Waals surface area contributed by atoms with Crippen molar-refractivity contribution in [2.24, 2.45) is 0 Å². The molecule has 0 radical (unpaired) electrons. The molecule has 1 fully saturated rings. The highest BCUT2D eigenvalue weighted by Crippen LogP contribution is 2.33. The number of benzene rings is 2. The van der Waals surface area contributed by atoms with Crippen molar-refractivity contribution < 1.29 is 9.84 Å². The van der Waals surface area contributed by atoms with Gasteiger partial charge in [0.15, 0.2) is 5.82 Å². The molecule has 166 valence electrons. The fourth-order valence-corrected chi connectivity index (χ4v) is 4.31. The number of nitrogens with zero attached hydrogens (tertiary/aromatic N) is 5. The molecule has 7 nitrogen and oxygen atoms in total. The smallest absolute Gasteiger partial charge is 0.162 e. The molecule has 5 rings (SSSR count). The number of aliphatic hydroxyl groups is 1. The maximum atomic E-state index is 9.60. The zero-order valence-electron chi connectivity index (χ0n) is 18.7. The van der Waals surface area contributed by atoms with Crippen molar-refractivity contribution in [3.8, 4) is 11.4 Å². The number of rotatable bonds is 6. The second-order valence-corrected chi connectivity index (χ2v) is 8.54. The Hall–Kier alpha value is -3.00. The van der Waals surface area contributed by atoms with Crippen LogP contribution in [0.5, 0.6) is 0 Å². The second kappa shape index (κ2) is 8.86. The van der Waals surface area contributed by atoms with Gasteiger partial charge < -0.3 is 24.2 Å². The third kappa shape index (κ3) is 3.95. The average Bonchev–Trinajstić information content (AvgIpc) is 3.26. The van der Waals surface area contributed by atoms with Gasteiger partial charge in [0.25, 0.3) is 0 Å². The Labute approximate surface area is 187 Å². The van der Waals surface area contributed by atoms with Crippen molar-refractivity contribution in [2.45, 2.75) is 13.2 Å². The molecule has 0 saturated carbocycles. The van der Waals surface area contributed by atoms with Crippen LogP contribution in [0.15, 0.2) is 48.7 Å². The third-order valence-corrected chi connectivity index (χ3v) is 6.06. The predicted molar refractivity (Wildman–Crippen MR) is 128 cm³/mol. The van der Waals surface area contributed by atoms with Crippen LogP contribution in [-0.4, -0.2) is 71.5 Å². The number of fused-ring (bicyclic) bond motifs is 3. The topological polar surface area (TPSA) is 66.7 Å². The minimum atomic E-state index is -0.00326. The minimum Gasteiger partial charge on any atom is -0.392 e. The van der Waals surface area contributed by atoms with Crippen LogP contribution in [0.1, 0.15) is 5.56 Å². The first-order chi connectivity index (χ1) is 15.6. The van der Waals surface area contributed by atoms with Crippen LogP contribution in [0.4, 0.5) is 5.82 Å². The predicted octanol–water partition coefficient (Wildman–Crippen LogP) is 3.14. The second-order valence-electron chi connectivity index (χ2n) is 8.54. The number of ether oxygens (including phenoxy) is 1. The fourth-order valence-electron chi connectivity index (χ4n) is 4.31. The summed E-state index contributed by atoms with van der Waals surface area (Å²) in [7, 11) is 4.19. The van der Waals surface area contributed by atoms with E-state index in [4.69, 9.17) is 14.7 Å². The monoisotopic (exact) mass is 431 g/mol. The van der Waals surface area contributed by atoms with Gasteiger partial charge in [0.1, 0.15) is 5.82 Å². The minimum absolute atomic E-state index is 0.00326. The first-order valence-electron chi connectivity index (χ1n) is 11.1. The molecule has 7 heteroatoms. The van der Waals surface area contributed by atoms with Gasteiger partial charge in [-0.3, -0.25) is 0 Å². The highest BCUT2D eigenvalue weighted by atomic mass is 16.5. The molecule has 4 aromatic rings. The molecule has 1 aliphatic heterocycles. The van der Waals surface area contributed by atoms with E-state index in [2.05, 4.69) is 52.9 Å². The van der Waals surface area contributed by atoms with Crippen LogP contribution in [0.3, 0.4) is 0 Å². The Bertz CT molecular complexity index is 1240. The van der Waals surface area contributed by atoms with E-state index in [0.29, 0.717) is 19.0 Å². The van der Waals surface area contributed by atoms with Crippen LogP contribution in [0, 0.1) is 0 Å². The summed E-state index contributed by atoms with van der Waals surface area (Å²) >= 11 is 0. The summed E-state index contributed by atoms with van der Waals surface area (Å²) in [5, 5.41) is 11.8. The molecule has 1 N–H and O–H groups in total. The number of aromatic nitrogens is 3. The summed E-state index contributed by atoms with van der Waals surface area (Å²) in [6.07, 6.45) is 2.15. The molecule has 0 amide bonds. The van der Waals surface area contributed by atoms with Crippen molar-refractivity contribution in [1.82, 2.24) is 19.4 Å². The molecular weight excluding hydrogens is 402 g/mol. The van der Waals surface area contributed by atoms with Gasteiger partial charge in [-0.15, -0.1) is 0 Å². The standard InChI is InChI=1S/C25H29N5O2/c1-28(2)10-11-29-9-8-20-22(29)7-6-21-23(20)26-24(19-5-3-4-18(16-19)17-31)27-25(21)30-12-14-32-15-13-30/h3-9,16,31H,10-15,17H2,1-2H3. The SMILES string of the molecule is CN(C)CCn1ccc2c3nc(-c4cccc(CO)c4)nc(N4CCOCC4)c3ccc21.